The lowest BCUT2D eigenvalue weighted by Gasteiger charge is -2.34. The summed E-state index contributed by atoms with van der Waals surface area (Å²) in [7, 11) is 0. The van der Waals surface area contributed by atoms with Crippen molar-refractivity contribution in [1.29, 1.82) is 0 Å². The molecule has 1 aliphatic carbocycles. The number of likely N-dealkylation sites (tertiary alicyclic amines) is 1. The summed E-state index contributed by atoms with van der Waals surface area (Å²) in [4.78, 5) is 25.7. The molecule has 2 rings (SSSR count). The lowest BCUT2D eigenvalue weighted by atomic mass is 9.94. The average molecular weight is 219 g/mol. The minimum absolute atomic E-state index is 0.0147. The van der Waals surface area contributed by atoms with Gasteiger partial charge < -0.3 is 0 Å². The summed E-state index contributed by atoms with van der Waals surface area (Å²) in [5.74, 6) is 2.75. The van der Waals surface area contributed by atoms with Gasteiger partial charge in [-0.1, -0.05) is 6.92 Å². The van der Waals surface area contributed by atoms with Gasteiger partial charge in [0.2, 0.25) is 11.8 Å². The van der Waals surface area contributed by atoms with Gasteiger partial charge in [0.1, 0.15) is 0 Å². The third-order valence-electron chi connectivity index (χ3n) is 3.80. The largest absolute Gasteiger partial charge is 0.278 e. The van der Waals surface area contributed by atoms with Gasteiger partial charge in [-0.05, 0) is 25.7 Å². The van der Waals surface area contributed by atoms with Gasteiger partial charge in [0.25, 0.3) is 0 Å². The van der Waals surface area contributed by atoms with Crippen molar-refractivity contribution in [3.05, 3.63) is 0 Å². The summed E-state index contributed by atoms with van der Waals surface area (Å²) in [5, 5.41) is 0. The van der Waals surface area contributed by atoms with E-state index in [0.717, 1.165) is 25.7 Å². The summed E-state index contributed by atoms with van der Waals surface area (Å²) in [6, 6.07) is -0.0894. The Hall–Kier alpha value is -1.30. The standard InChI is InChI=1S/C13H17NO2/c1-3-5-11(4-2)14-12(15)9-6-7-10(8-9)13(14)16/h1,9-11H,4-8H2,2H3. The normalized spacial score (nSPS) is 30.4. The van der Waals surface area contributed by atoms with E-state index in [0.29, 0.717) is 6.42 Å². The monoisotopic (exact) mass is 219 g/mol. The Balaban J connectivity index is 2.22. The minimum Gasteiger partial charge on any atom is -0.278 e. The van der Waals surface area contributed by atoms with Crippen LogP contribution in [0.15, 0.2) is 0 Å². The van der Waals surface area contributed by atoms with Gasteiger partial charge >= 0.3 is 0 Å². The Labute approximate surface area is 96.2 Å². The molecule has 2 amide bonds. The number of piperidine rings is 1. The molecule has 1 saturated carbocycles. The number of carbonyl (C=O) groups is 2. The lowest BCUT2D eigenvalue weighted by molar-refractivity contribution is -0.155. The third kappa shape index (κ3) is 1.63. The van der Waals surface area contributed by atoms with Crippen LogP contribution < -0.4 is 0 Å². The molecule has 2 fully saturated rings. The highest BCUT2D eigenvalue weighted by Gasteiger charge is 2.46. The zero-order valence-electron chi connectivity index (χ0n) is 9.61. The van der Waals surface area contributed by atoms with Gasteiger partial charge in [-0.3, -0.25) is 14.5 Å². The molecular formula is C13H17NO2. The summed E-state index contributed by atoms with van der Waals surface area (Å²) in [5.41, 5.74) is 0. The first-order valence-corrected chi connectivity index (χ1v) is 5.99. The Morgan fingerprint density at radius 2 is 1.94 bits per heavy atom. The molecule has 0 aromatic rings. The summed E-state index contributed by atoms with van der Waals surface area (Å²) in [6.07, 6.45) is 9.03. The van der Waals surface area contributed by atoms with E-state index in [-0.39, 0.29) is 29.7 Å². The molecule has 0 radical (unpaired) electrons. The maximum absolute atomic E-state index is 12.1. The highest BCUT2D eigenvalue weighted by Crippen LogP contribution is 2.39. The van der Waals surface area contributed by atoms with E-state index in [1.54, 1.807) is 0 Å². The van der Waals surface area contributed by atoms with E-state index in [4.69, 9.17) is 6.42 Å². The first-order chi connectivity index (χ1) is 7.69. The van der Waals surface area contributed by atoms with Crippen molar-refractivity contribution in [3.8, 4) is 12.3 Å². The molecule has 1 saturated heterocycles. The predicted octanol–water partition coefficient (Wildman–Crippen LogP) is 1.57. The van der Waals surface area contributed by atoms with Crippen LogP contribution in [0.4, 0.5) is 0 Å². The van der Waals surface area contributed by atoms with Crippen LogP contribution in [0.1, 0.15) is 39.0 Å². The van der Waals surface area contributed by atoms with Gasteiger partial charge in [-0.2, -0.15) is 0 Å². The SMILES string of the molecule is C#CCC(CC)N1C(=O)C2CCC(C2)C1=O. The number of carbonyl (C=O) groups excluding carboxylic acids is 2. The second-order valence-corrected chi connectivity index (χ2v) is 4.72. The van der Waals surface area contributed by atoms with Gasteiger partial charge in [0.05, 0.1) is 6.04 Å². The van der Waals surface area contributed by atoms with Crippen molar-refractivity contribution < 1.29 is 9.59 Å². The Morgan fingerprint density at radius 1 is 1.38 bits per heavy atom. The van der Waals surface area contributed by atoms with Crippen molar-refractivity contribution in [2.45, 2.75) is 45.1 Å². The zero-order valence-corrected chi connectivity index (χ0v) is 9.61. The zero-order chi connectivity index (χ0) is 11.7. The van der Waals surface area contributed by atoms with Crippen LogP contribution in [0.25, 0.3) is 0 Å². The molecule has 0 aromatic heterocycles. The number of fused-ring (bicyclic) bond motifs is 2. The van der Waals surface area contributed by atoms with Crippen molar-refractivity contribution >= 4 is 11.8 Å². The number of imide groups is 1. The number of hydrogen-bond acceptors (Lipinski definition) is 2. The number of terminal acetylenes is 1. The van der Waals surface area contributed by atoms with Crippen LogP contribution in [0.3, 0.4) is 0 Å². The van der Waals surface area contributed by atoms with E-state index in [9.17, 15) is 9.59 Å². The molecule has 1 heterocycles. The Kier molecular flexibility index (Phi) is 3.00. The maximum Gasteiger partial charge on any atom is 0.232 e. The first-order valence-electron chi connectivity index (χ1n) is 5.99. The summed E-state index contributed by atoms with van der Waals surface area (Å²) < 4.78 is 0. The molecule has 3 unspecified atom stereocenters. The van der Waals surface area contributed by atoms with Crippen molar-refractivity contribution in [3.63, 3.8) is 0 Å². The van der Waals surface area contributed by atoms with Crippen LogP contribution in [0.5, 0.6) is 0 Å². The molecule has 3 heteroatoms. The molecule has 0 aromatic carbocycles. The second-order valence-electron chi connectivity index (χ2n) is 4.72. The number of amides is 2. The van der Waals surface area contributed by atoms with Crippen molar-refractivity contribution in [2.24, 2.45) is 11.8 Å². The Morgan fingerprint density at radius 3 is 2.38 bits per heavy atom. The molecule has 3 nitrogen and oxygen atoms in total. The van der Waals surface area contributed by atoms with Crippen molar-refractivity contribution in [2.75, 3.05) is 0 Å². The first kappa shape index (κ1) is 11.2. The van der Waals surface area contributed by atoms with E-state index in [2.05, 4.69) is 5.92 Å². The number of hydrogen-bond donors (Lipinski definition) is 0. The van der Waals surface area contributed by atoms with Crippen LogP contribution in [0, 0.1) is 24.2 Å². The van der Waals surface area contributed by atoms with Gasteiger partial charge in [-0.25, -0.2) is 0 Å². The maximum atomic E-state index is 12.1. The quantitative estimate of drug-likeness (QED) is 0.534. The van der Waals surface area contributed by atoms with Crippen LogP contribution in [0.2, 0.25) is 0 Å². The minimum atomic E-state index is -0.0894. The molecule has 16 heavy (non-hydrogen) atoms. The van der Waals surface area contributed by atoms with Crippen molar-refractivity contribution in [1.82, 2.24) is 4.90 Å². The Bertz CT molecular complexity index is 333. The van der Waals surface area contributed by atoms with Crippen LogP contribution in [-0.4, -0.2) is 22.8 Å². The van der Waals surface area contributed by atoms with E-state index < -0.39 is 0 Å². The number of rotatable bonds is 3. The van der Waals surface area contributed by atoms with Gasteiger partial charge in [-0.15, -0.1) is 12.3 Å². The molecule has 0 spiro atoms. The molecule has 3 atom stereocenters. The fraction of sp³-hybridized carbons (Fsp3) is 0.692. The fourth-order valence-electron chi connectivity index (χ4n) is 2.85. The van der Waals surface area contributed by atoms with Gasteiger partial charge in [0.15, 0.2) is 0 Å². The summed E-state index contributed by atoms with van der Waals surface area (Å²) in [6.45, 7) is 1.97. The molecule has 0 N–H and O–H groups in total. The predicted molar refractivity (Wildman–Crippen MR) is 60.2 cm³/mol. The molecular weight excluding hydrogens is 202 g/mol. The van der Waals surface area contributed by atoms with Crippen LogP contribution >= 0.6 is 0 Å². The highest BCUT2D eigenvalue weighted by molar-refractivity contribution is 6.01. The fourth-order valence-corrected chi connectivity index (χ4v) is 2.85. The smallest absolute Gasteiger partial charge is 0.232 e. The van der Waals surface area contributed by atoms with E-state index in [1.165, 1.54) is 4.90 Å². The molecule has 1 aliphatic heterocycles. The van der Waals surface area contributed by atoms with E-state index >= 15 is 0 Å². The van der Waals surface area contributed by atoms with Gasteiger partial charge in [0, 0.05) is 18.3 Å². The lowest BCUT2D eigenvalue weighted by Crippen LogP contribution is -2.51. The number of nitrogens with zero attached hydrogens (tertiary/aromatic N) is 1. The summed E-state index contributed by atoms with van der Waals surface area (Å²) >= 11 is 0. The molecule has 86 valence electrons. The molecule has 2 aliphatic rings. The van der Waals surface area contributed by atoms with E-state index in [1.807, 2.05) is 6.92 Å². The average Bonchev–Trinajstić information content (AvgIpc) is 2.72. The highest BCUT2D eigenvalue weighted by atomic mass is 16.2. The molecule has 2 bridgehead atoms. The second kappa shape index (κ2) is 4.29. The topological polar surface area (TPSA) is 37.4 Å². The van der Waals surface area contributed by atoms with Crippen LogP contribution in [-0.2, 0) is 9.59 Å². The third-order valence-corrected chi connectivity index (χ3v) is 3.80.